The van der Waals surface area contributed by atoms with E-state index < -0.39 is 7.12 Å². The van der Waals surface area contributed by atoms with Crippen LogP contribution in [0.3, 0.4) is 0 Å². The lowest BCUT2D eigenvalue weighted by atomic mass is 9.78. The molecular formula is C111H80BBrN4O2S2. The van der Waals surface area contributed by atoms with Gasteiger partial charge in [-0.15, -0.1) is 22.7 Å². The van der Waals surface area contributed by atoms with Gasteiger partial charge >= 0.3 is 7.12 Å². The minimum absolute atomic E-state index is 0. The molecule has 1 aliphatic rings. The summed E-state index contributed by atoms with van der Waals surface area (Å²) in [6, 6.07) is 134. The van der Waals surface area contributed by atoms with Gasteiger partial charge in [-0.1, -0.05) is 339 Å². The van der Waals surface area contributed by atoms with Gasteiger partial charge in [-0.05, 0) is 193 Å². The number of hydrogen-bond donors (Lipinski definition) is 0. The third-order valence-electron chi connectivity index (χ3n) is 24.0. The number of aromatic nitrogens is 4. The van der Waals surface area contributed by atoms with Crippen LogP contribution in [0.2, 0.25) is 0 Å². The molecule has 1 aliphatic heterocycles. The molecule has 0 saturated carbocycles. The van der Waals surface area contributed by atoms with Crippen LogP contribution in [0.25, 0.3) is 206 Å². The Labute approximate surface area is 720 Å². The zero-order valence-corrected chi connectivity index (χ0v) is 69.5. The van der Waals surface area contributed by atoms with Gasteiger partial charge in [0.15, 0.2) is 0 Å². The van der Waals surface area contributed by atoms with Crippen molar-refractivity contribution in [2.75, 3.05) is 0 Å². The molecule has 5 heterocycles. The predicted octanol–water partition coefficient (Wildman–Crippen LogP) is 31.0. The highest BCUT2D eigenvalue weighted by Crippen LogP contribution is 2.46. The van der Waals surface area contributed by atoms with Crippen LogP contribution in [-0.4, -0.2) is 38.3 Å². The van der Waals surface area contributed by atoms with E-state index in [1.807, 2.05) is 35.1 Å². The first-order valence-electron chi connectivity index (χ1n) is 40.6. The number of halogens is 1. The number of nitrogens with zero attached hydrogens (tertiary/aromatic N) is 4. The van der Waals surface area contributed by atoms with Gasteiger partial charge in [0.05, 0.1) is 57.1 Å². The molecule has 4 aromatic heterocycles. The Balaban J connectivity index is 0.000000123. The zero-order chi connectivity index (χ0) is 80.6. The van der Waals surface area contributed by atoms with Gasteiger partial charge in [-0.25, -0.2) is 9.97 Å². The smallest absolute Gasteiger partial charge is 0.399 e. The van der Waals surface area contributed by atoms with Crippen molar-refractivity contribution in [3.05, 3.63) is 393 Å². The van der Waals surface area contributed by atoms with Gasteiger partial charge in [-0.3, -0.25) is 9.97 Å². The molecule has 0 spiro atoms. The lowest BCUT2D eigenvalue weighted by Crippen LogP contribution is -2.41. The van der Waals surface area contributed by atoms with Crippen LogP contribution in [0.1, 0.15) is 35.1 Å². The molecule has 0 amide bonds. The molecule has 1 fully saturated rings. The number of hydrogen-bond acceptors (Lipinski definition) is 8. The molecule has 18 aromatic carbocycles. The molecule has 6 nitrogen and oxygen atoms in total. The minimum Gasteiger partial charge on any atom is -0.399 e. The van der Waals surface area contributed by atoms with Crippen molar-refractivity contribution >= 4 is 157 Å². The standard InChI is InChI=1S/C52H32N2S.C34H29BN2O2.C24H15BrS.CH4/c1-3-23-45-42(20-1)43-21-2-4-24-46(43)51-50(45)53-32-48(54-51)40-19-10-17-38(31-40)36-15-8-13-34(29-36)33-12-7-14-35(28-33)37-16-9-18-39(30-37)41-25-11-26-47-44-22-5-6-27-49(44)55-52(41)47;1-33(2)34(3,4)39-35(38-33)25-14-10-12-23(20-25)22-11-9-13-24(19-22)30-21-36-31-28-17-7-5-15-26(28)27-16-6-8-18-29(27)32(31)37-30;25-19-9-4-7-17(15-19)16-6-3-8-18(14-16)20-11-5-12-22-21-10-1-2-13-23(21)26-24(20)22;/h1-32H;5-21H,1-4H3;1-15H;1H4. The molecule has 0 N–H and O–H groups in total. The van der Waals surface area contributed by atoms with Crippen LogP contribution >= 0.6 is 38.6 Å². The van der Waals surface area contributed by atoms with Gasteiger partial charge in [0.1, 0.15) is 0 Å². The summed E-state index contributed by atoms with van der Waals surface area (Å²) in [6.07, 6.45) is 3.81. The fourth-order valence-corrected chi connectivity index (χ4v) is 20.1. The Hall–Kier alpha value is -13.4. The topological polar surface area (TPSA) is 70.0 Å². The van der Waals surface area contributed by atoms with Crippen LogP contribution in [0.5, 0.6) is 0 Å². The van der Waals surface area contributed by atoms with Crippen LogP contribution in [0.15, 0.2) is 393 Å². The van der Waals surface area contributed by atoms with Gasteiger partial charge < -0.3 is 9.31 Å². The summed E-state index contributed by atoms with van der Waals surface area (Å²) in [7, 11) is -0.396. The quantitative estimate of drug-likeness (QED) is 0.100. The molecule has 1 saturated heterocycles. The fourth-order valence-electron chi connectivity index (χ4n) is 17.2. The Morgan fingerprint density at radius 3 is 0.909 bits per heavy atom. The van der Waals surface area contributed by atoms with Gasteiger partial charge in [-0.2, -0.15) is 0 Å². The van der Waals surface area contributed by atoms with Crippen molar-refractivity contribution in [3.8, 4) is 100 Å². The first-order chi connectivity index (χ1) is 58.8. The predicted molar refractivity (Wildman–Crippen MR) is 520 cm³/mol. The normalized spacial score (nSPS) is 13.0. The van der Waals surface area contributed by atoms with E-state index >= 15 is 0 Å². The lowest BCUT2D eigenvalue weighted by molar-refractivity contribution is 0.00578. The Morgan fingerprint density at radius 1 is 0.256 bits per heavy atom. The van der Waals surface area contributed by atoms with E-state index in [0.717, 1.165) is 98.3 Å². The first-order valence-corrected chi connectivity index (χ1v) is 43.1. The van der Waals surface area contributed by atoms with Crippen molar-refractivity contribution in [1.29, 1.82) is 0 Å². The average Bonchev–Trinajstić information content (AvgIpc) is 1.53. The molecule has 0 aliphatic carbocycles. The van der Waals surface area contributed by atoms with Crippen molar-refractivity contribution in [1.82, 2.24) is 19.9 Å². The third kappa shape index (κ3) is 14.3. The maximum absolute atomic E-state index is 6.30. The molecule has 121 heavy (non-hydrogen) atoms. The van der Waals surface area contributed by atoms with Crippen molar-refractivity contribution < 1.29 is 9.31 Å². The second-order valence-electron chi connectivity index (χ2n) is 31.9. The van der Waals surface area contributed by atoms with Crippen LogP contribution in [0, 0.1) is 0 Å². The number of benzene rings is 18. The van der Waals surface area contributed by atoms with Gasteiger partial charge in [0.2, 0.25) is 0 Å². The highest BCUT2D eigenvalue weighted by Gasteiger charge is 2.51. The Morgan fingerprint density at radius 2 is 0.529 bits per heavy atom. The maximum Gasteiger partial charge on any atom is 0.494 e. The average molecular weight is 1660 g/mol. The SMILES string of the molecule is Brc1cccc(-c2cccc(-c3cccc4c3sc3ccccc34)c2)c1.C.CC1(C)OB(c2cccc(-c3cccc(-c4cnc5c6ccccc6c6ccccc6c5n4)c3)c2)OC1(C)C.c1cc(-c2cccc(-c3cccc(-c4cccc5c4sc4ccccc45)c3)c2)cc(-c2cccc(-c3cnc4c5ccccc5c5ccccc5c4n3)c2)c1. The summed E-state index contributed by atoms with van der Waals surface area (Å²) in [6.45, 7) is 8.32. The van der Waals surface area contributed by atoms with Crippen LogP contribution in [0.4, 0.5) is 0 Å². The molecule has 0 atom stereocenters. The minimum atomic E-state index is -0.396. The highest BCUT2D eigenvalue weighted by atomic mass is 79.9. The number of fused-ring (bicyclic) bond motifs is 18. The summed E-state index contributed by atoms with van der Waals surface area (Å²) in [4.78, 5) is 20.4. The van der Waals surface area contributed by atoms with E-state index in [0.29, 0.717) is 0 Å². The van der Waals surface area contributed by atoms with Crippen molar-refractivity contribution in [2.24, 2.45) is 0 Å². The molecule has 22 aromatic rings. The van der Waals surface area contributed by atoms with Gasteiger partial charge in [0, 0.05) is 77.5 Å². The number of thiophene rings is 2. The Kier molecular flexibility index (Phi) is 20.0. The molecule has 0 bridgehead atoms. The van der Waals surface area contributed by atoms with Crippen molar-refractivity contribution in [3.63, 3.8) is 0 Å². The summed E-state index contributed by atoms with van der Waals surface area (Å²) in [5.74, 6) is 0. The largest absolute Gasteiger partial charge is 0.494 e. The summed E-state index contributed by atoms with van der Waals surface area (Å²) < 4.78 is 19.1. The van der Waals surface area contributed by atoms with Crippen molar-refractivity contribution in [2.45, 2.75) is 46.3 Å². The lowest BCUT2D eigenvalue weighted by Gasteiger charge is -2.32. The summed E-state index contributed by atoms with van der Waals surface area (Å²) in [5.41, 5.74) is 24.6. The summed E-state index contributed by atoms with van der Waals surface area (Å²) >= 11 is 7.33. The van der Waals surface area contributed by atoms with Crippen LogP contribution in [-0.2, 0) is 9.31 Å². The van der Waals surface area contributed by atoms with E-state index in [1.165, 1.54) is 118 Å². The summed E-state index contributed by atoms with van der Waals surface area (Å²) in [5, 5.41) is 14.6. The molecule has 23 rings (SSSR count). The second-order valence-corrected chi connectivity index (χ2v) is 34.9. The van der Waals surface area contributed by atoms with Crippen LogP contribution < -0.4 is 5.46 Å². The molecule has 0 unspecified atom stereocenters. The number of rotatable bonds is 10. The third-order valence-corrected chi connectivity index (χ3v) is 26.9. The van der Waals surface area contributed by atoms with E-state index in [-0.39, 0.29) is 18.6 Å². The highest BCUT2D eigenvalue weighted by molar-refractivity contribution is 9.10. The second kappa shape index (κ2) is 31.7. The van der Waals surface area contributed by atoms with E-state index in [2.05, 4.69) is 420 Å². The van der Waals surface area contributed by atoms with E-state index in [9.17, 15) is 0 Å². The monoisotopic (exact) mass is 1650 g/mol. The Bertz CT molecular complexity index is 7740. The maximum atomic E-state index is 6.30. The fraction of sp³-hybridized carbons (Fsp3) is 0.0631. The zero-order valence-electron chi connectivity index (χ0n) is 66.3. The van der Waals surface area contributed by atoms with E-state index in [4.69, 9.17) is 29.2 Å². The molecule has 10 heteroatoms. The molecule has 0 radical (unpaired) electrons. The van der Waals surface area contributed by atoms with E-state index in [1.54, 1.807) is 0 Å². The molecular weight excluding hydrogens is 1580 g/mol. The molecule has 578 valence electrons. The first kappa shape index (κ1) is 76.3. The van der Waals surface area contributed by atoms with Gasteiger partial charge in [0.25, 0.3) is 0 Å².